The molecule has 11 heavy (non-hydrogen) atoms. The van der Waals surface area contributed by atoms with E-state index >= 15 is 0 Å². The molecule has 0 radical (unpaired) electrons. The third-order valence-electron chi connectivity index (χ3n) is 0.965. The number of ether oxygens (including phenoxy) is 1. The van der Waals surface area contributed by atoms with Crippen LogP contribution in [0.3, 0.4) is 0 Å². The van der Waals surface area contributed by atoms with Crippen molar-refractivity contribution < 1.29 is 18.1 Å². The fourth-order valence-electron chi connectivity index (χ4n) is 0.415. The first-order chi connectivity index (χ1) is 4.99. The van der Waals surface area contributed by atoms with Gasteiger partial charge in [-0.05, 0) is 13.3 Å². The molecule has 0 aromatic carbocycles. The second-order valence-corrected chi connectivity index (χ2v) is 6.21. The van der Waals surface area contributed by atoms with Gasteiger partial charge in [-0.2, -0.15) is 0 Å². The van der Waals surface area contributed by atoms with E-state index < -0.39 is 26.6 Å². The molecule has 0 bridgehead atoms. The molecule has 0 heterocycles. The Morgan fingerprint density at radius 3 is 2.09 bits per heavy atom. The van der Waals surface area contributed by atoms with Crippen LogP contribution in [0, 0.1) is 0 Å². The van der Waals surface area contributed by atoms with E-state index in [-0.39, 0.29) is 6.35 Å². The maximum Gasteiger partial charge on any atom is 0.118 e. The van der Waals surface area contributed by atoms with Crippen LogP contribution in [-0.4, -0.2) is 39.1 Å². The lowest BCUT2D eigenvalue weighted by Gasteiger charge is -2.12. The molecule has 0 atom stereocenters. The van der Waals surface area contributed by atoms with Crippen LogP contribution >= 0.6 is 7.14 Å². The Labute approximate surface area is 65.3 Å². The van der Waals surface area contributed by atoms with Gasteiger partial charge in [0.1, 0.15) is 26.6 Å². The van der Waals surface area contributed by atoms with Gasteiger partial charge in [0.05, 0.1) is 6.35 Å². The van der Waals surface area contributed by atoms with Crippen LogP contribution < -0.4 is 0 Å². The zero-order valence-corrected chi connectivity index (χ0v) is 7.61. The minimum Gasteiger partial charge on any atom is -0.365 e. The summed E-state index contributed by atoms with van der Waals surface area (Å²) in [6.45, 7) is 1.30. The van der Waals surface area contributed by atoms with Crippen molar-refractivity contribution in [2.45, 2.75) is 6.10 Å². The van der Waals surface area contributed by atoms with Gasteiger partial charge in [0, 0.05) is 0 Å². The van der Waals surface area contributed by atoms with E-state index in [1.165, 1.54) is 13.3 Å². The van der Waals surface area contributed by atoms with Crippen molar-refractivity contribution in [2.24, 2.45) is 0 Å². The third kappa shape index (κ3) is 6.45. The van der Waals surface area contributed by atoms with Crippen molar-refractivity contribution in [2.75, 3.05) is 33.0 Å². The lowest BCUT2D eigenvalue weighted by molar-refractivity contribution is 0.0457. The van der Waals surface area contributed by atoms with Gasteiger partial charge in [0.2, 0.25) is 0 Å². The number of rotatable bonds is 5. The van der Waals surface area contributed by atoms with Crippen LogP contribution in [0.25, 0.3) is 0 Å². The maximum absolute atomic E-state index is 11.8. The van der Waals surface area contributed by atoms with E-state index in [0.29, 0.717) is 0 Å². The summed E-state index contributed by atoms with van der Waals surface area (Å²) in [6.07, 6.45) is -1.09. The highest BCUT2D eigenvalue weighted by molar-refractivity contribution is 7.62. The maximum atomic E-state index is 11.8. The van der Waals surface area contributed by atoms with Gasteiger partial charge >= 0.3 is 0 Å². The summed E-state index contributed by atoms with van der Waals surface area (Å²) in [5, 5.41) is 0. The molecule has 0 spiro atoms. The predicted molar refractivity (Wildman–Crippen MR) is 41.1 cm³/mol. The molecule has 0 rings (SSSR count). The van der Waals surface area contributed by atoms with Gasteiger partial charge in [0.25, 0.3) is 0 Å². The molecule has 2 nitrogen and oxygen atoms in total. The molecule has 68 valence electrons. The molecule has 0 N–H and O–H groups in total. The van der Waals surface area contributed by atoms with Gasteiger partial charge in [-0.1, -0.05) is 0 Å². The fourth-order valence-corrected chi connectivity index (χ4v) is 0.985. The van der Waals surface area contributed by atoms with Crippen LogP contribution in [0.4, 0.5) is 8.78 Å². The molecule has 0 aliphatic heterocycles. The van der Waals surface area contributed by atoms with Crippen LogP contribution in [0.15, 0.2) is 0 Å². The standard InChI is InChI=1S/C6H13F2O2P/c1-11(2,9)5-10-6(3-7)4-8/h6H,3-5H2,1-2H3. The number of hydrogen-bond acceptors (Lipinski definition) is 2. The number of hydrogen-bond donors (Lipinski definition) is 0. The molecule has 0 amide bonds. The predicted octanol–water partition coefficient (Wildman–Crippen LogP) is 1.89. The highest BCUT2D eigenvalue weighted by Gasteiger charge is 2.13. The Hall–Kier alpha value is 0.0500. The second-order valence-electron chi connectivity index (χ2n) is 2.80. The molecule has 0 saturated heterocycles. The molecule has 0 saturated carbocycles. The summed E-state index contributed by atoms with van der Waals surface area (Å²) in [5.74, 6) is 0. The van der Waals surface area contributed by atoms with Crippen molar-refractivity contribution in [3.8, 4) is 0 Å². The summed E-state index contributed by atoms with van der Waals surface area (Å²) < 4.78 is 39.2. The average Bonchev–Trinajstić information content (AvgIpc) is 1.88. The van der Waals surface area contributed by atoms with Gasteiger partial charge in [-0.15, -0.1) is 0 Å². The first-order valence-corrected chi connectivity index (χ1v) is 6.06. The normalized spacial score (nSPS) is 12.5. The Kier molecular flexibility index (Phi) is 4.86. The van der Waals surface area contributed by atoms with Gasteiger partial charge in [0.15, 0.2) is 0 Å². The summed E-state index contributed by atoms with van der Waals surface area (Å²) in [7, 11) is -2.30. The highest BCUT2D eigenvalue weighted by Crippen LogP contribution is 2.35. The van der Waals surface area contributed by atoms with Crippen molar-refractivity contribution in [1.29, 1.82) is 0 Å². The van der Waals surface area contributed by atoms with Crippen molar-refractivity contribution in [3.05, 3.63) is 0 Å². The molecular formula is C6H13F2O2P. The van der Waals surface area contributed by atoms with Crippen molar-refractivity contribution in [1.82, 2.24) is 0 Å². The highest BCUT2D eigenvalue weighted by atomic mass is 31.2. The first kappa shape index (κ1) is 11.1. The number of halogens is 2. The van der Waals surface area contributed by atoms with Gasteiger partial charge < -0.3 is 9.30 Å². The average molecular weight is 186 g/mol. The smallest absolute Gasteiger partial charge is 0.118 e. The molecule has 0 aliphatic carbocycles. The van der Waals surface area contributed by atoms with Crippen LogP contribution in [-0.2, 0) is 9.30 Å². The summed E-state index contributed by atoms with van der Waals surface area (Å²) in [4.78, 5) is 0. The molecule has 0 fully saturated rings. The third-order valence-corrected chi connectivity index (χ3v) is 1.74. The molecule has 0 unspecified atom stereocenters. The van der Waals surface area contributed by atoms with E-state index in [1.54, 1.807) is 0 Å². The second kappa shape index (κ2) is 4.83. The van der Waals surface area contributed by atoms with Crippen LogP contribution in [0.5, 0.6) is 0 Å². The summed E-state index contributed by atoms with van der Waals surface area (Å²) in [5.41, 5.74) is 0. The summed E-state index contributed by atoms with van der Waals surface area (Å²) in [6, 6.07) is 0. The van der Waals surface area contributed by atoms with Crippen LogP contribution in [0.1, 0.15) is 0 Å². The van der Waals surface area contributed by atoms with Crippen molar-refractivity contribution in [3.63, 3.8) is 0 Å². The Bertz CT molecular complexity index is 142. The van der Waals surface area contributed by atoms with E-state index in [4.69, 9.17) is 4.74 Å². The van der Waals surface area contributed by atoms with Gasteiger partial charge in [-0.25, -0.2) is 8.78 Å². The molecule has 5 heteroatoms. The van der Waals surface area contributed by atoms with Crippen molar-refractivity contribution >= 4 is 7.14 Å². The molecular weight excluding hydrogens is 173 g/mol. The van der Waals surface area contributed by atoms with E-state index in [2.05, 4.69) is 0 Å². The van der Waals surface area contributed by atoms with E-state index in [9.17, 15) is 13.3 Å². The Morgan fingerprint density at radius 2 is 1.82 bits per heavy atom. The van der Waals surface area contributed by atoms with E-state index in [1.807, 2.05) is 0 Å². The zero-order valence-electron chi connectivity index (χ0n) is 6.72. The molecule has 0 aromatic rings. The van der Waals surface area contributed by atoms with Crippen LogP contribution in [0.2, 0.25) is 0 Å². The molecule has 0 aliphatic rings. The monoisotopic (exact) mass is 186 g/mol. The first-order valence-electron chi connectivity index (χ1n) is 3.27. The minimum absolute atomic E-state index is 0.0501. The number of alkyl halides is 2. The Morgan fingerprint density at radius 1 is 1.36 bits per heavy atom. The zero-order chi connectivity index (χ0) is 8.91. The SMILES string of the molecule is CP(C)(=O)COC(CF)CF. The fraction of sp³-hybridized carbons (Fsp3) is 1.00. The lowest BCUT2D eigenvalue weighted by Crippen LogP contribution is -2.18. The quantitative estimate of drug-likeness (QED) is 0.613. The topological polar surface area (TPSA) is 26.3 Å². The Balaban J connectivity index is 3.59. The molecule has 0 aromatic heterocycles. The minimum atomic E-state index is -2.30. The van der Waals surface area contributed by atoms with E-state index in [0.717, 1.165) is 0 Å². The lowest BCUT2D eigenvalue weighted by atomic mass is 10.4. The summed E-state index contributed by atoms with van der Waals surface area (Å²) >= 11 is 0. The van der Waals surface area contributed by atoms with Gasteiger partial charge in [-0.3, -0.25) is 0 Å². The largest absolute Gasteiger partial charge is 0.365 e.